The molecule has 0 fully saturated rings. The third-order valence-corrected chi connectivity index (χ3v) is 4.10. The van der Waals surface area contributed by atoms with Crippen molar-refractivity contribution in [3.8, 4) is 0 Å². The number of benzene rings is 1. The van der Waals surface area contributed by atoms with E-state index in [-0.39, 0.29) is 5.69 Å². The second-order valence-electron chi connectivity index (χ2n) is 5.92. The Labute approximate surface area is 144 Å². The molecule has 0 aliphatic heterocycles. The van der Waals surface area contributed by atoms with Crippen molar-refractivity contribution in [1.29, 1.82) is 0 Å². The van der Waals surface area contributed by atoms with Gasteiger partial charge in [-0.2, -0.15) is 0 Å². The molecule has 1 heterocycles. The van der Waals surface area contributed by atoms with E-state index in [0.29, 0.717) is 11.6 Å². The van der Waals surface area contributed by atoms with Crippen molar-refractivity contribution in [3.63, 3.8) is 0 Å². The zero-order valence-corrected chi connectivity index (χ0v) is 13.7. The quantitative estimate of drug-likeness (QED) is 0.573. The number of hydrogen-bond acceptors (Lipinski definition) is 4. The lowest BCUT2D eigenvalue weighted by atomic mass is 9.97. The van der Waals surface area contributed by atoms with Crippen molar-refractivity contribution in [2.24, 2.45) is 0 Å². The van der Waals surface area contributed by atoms with Crippen LogP contribution in [0.5, 0.6) is 0 Å². The van der Waals surface area contributed by atoms with E-state index in [1.807, 2.05) is 0 Å². The van der Waals surface area contributed by atoms with E-state index in [0.717, 1.165) is 37.9 Å². The number of anilines is 3. The van der Waals surface area contributed by atoms with E-state index in [2.05, 4.69) is 26.7 Å². The van der Waals surface area contributed by atoms with Crippen LogP contribution in [-0.4, -0.2) is 16.5 Å². The molecule has 0 amide bonds. The molecule has 0 saturated heterocycles. The number of aromatic nitrogens is 2. The van der Waals surface area contributed by atoms with Gasteiger partial charge < -0.3 is 10.6 Å². The summed E-state index contributed by atoms with van der Waals surface area (Å²) in [5.74, 6) is -3.16. The molecule has 4 nitrogen and oxygen atoms in total. The normalized spacial score (nSPS) is 14.1. The Hall–Kier alpha value is -2.57. The summed E-state index contributed by atoms with van der Waals surface area (Å²) < 4.78 is 40.0. The fraction of sp³-hybridized carbons (Fsp3) is 0.333. The first kappa shape index (κ1) is 17.3. The van der Waals surface area contributed by atoms with Crippen molar-refractivity contribution in [2.75, 3.05) is 17.2 Å². The molecule has 0 atom stereocenters. The molecular weight excluding hydrogens is 329 g/mol. The Morgan fingerprint density at radius 3 is 2.64 bits per heavy atom. The average molecular weight is 348 g/mol. The maximum Gasteiger partial charge on any atom is 0.196 e. The summed E-state index contributed by atoms with van der Waals surface area (Å²) in [5.41, 5.74) is 1.27. The first-order chi connectivity index (χ1) is 12.1. The van der Waals surface area contributed by atoms with E-state index < -0.39 is 17.5 Å². The van der Waals surface area contributed by atoms with Crippen LogP contribution in [0.3, 0.4) is 0 Å². The van der Waals surface area contributed by atoms with Crippen LogP contribution in [-0.2, 0) is 0 Å². The van der Waals surface area contributed by atoms with Gasteiger partial charge >= 0.3 is 0 Å². The highest BCUT2D eigenvalue weighted by molar-refractivity contribution is 5.59. The smallest absolute Gasteiger partial charge is 0.196 e. The fourth-order valence-corrected chi connectivity index (χ4v) is 2.77. The minimum Gasteiger partial charge on any atom is -0.370 e. The second-order valence-corrected chi connectivity index (χ2v) is 5.92. The summed E-state index contributed by atoms with van der Waals surface area (Å²) in [6.07, 6.45) is 9.37. The maximum absolute atomic E-state index is 13.7. The molecular formula is C18H19F3N4. The van der Waals surface area contributed by atoms with Gasteiger partial charge in [0, 0.05) is 12.6 Å². The molecule has 0 unspecified atom stereocenters. The van der Waals surface area contributed by atoms with Crippen LogP contribution in [0.25, 0.3) is 0 Å². The van der Waals surface area contributed by atoms with Crippen molar-refractivity contribution >= 4 is 17.3 Å². The summed E-state index contributed by atoms with van der Waals surface area (Å²) in [7, 11) is 0. The predicted octanol–water partition coefficient (Wildman–Crippen LogP) is 4.94. The summed E-state index contributed by atoms with van der Waals surface area (Å²) in [5, 5.41) is 5.83. The van der Waals surface area contributed by atoms with Gasteiger partial charge in [0.15, 0.2) is 17.5 Å². The topological polar surface area (TPSA) is 49.8 Å². The van der Waals surface area contributed by atoms with E-state index in [9.17, 15) is 13.2 Å². The molecule has 0 spiro atoms. The molecule has 25 heavy (non-hydrogen) atoms. The summed E-state index contributed by atoms with van der Waals surface area (Å²) in [6.45, 7) is 0.738. The zero-order valence-electron chi connectivity index (χ0n) is 13.7. The van der Waals surface area contributed by atoms with Crippen LogP contribution in [0, 0.1) is 17.5 Å². The summed E-state index contributed by atoms with van der Waals surface area (Å²) in [6, 6.07) is 3.58. The van der Waals surface area contributed by atoms with Gasteiger partial charge in [-0.05, 0) is 44.2 Å². The number of allylic oxidation sites excluding steroid dienone is 1. The van der Waals surface area contributed by atoms with Crippen LogP contribution >= 0.6 is 0 Å². The SMILES string of the molecule is Fc1ccc(Nc2cc(NCCC3=CCCCC3)ncn2)c(F)c1F. The van der Waals surface area contributed by atoms with Crippen LogP contribution in [0.4, 0.5) is 30.5 Å². The first-order valence-electron chi connectivity index (χ1n) is 8.28. The molecule has 1 aromatic heterocycles. The highest BCUT2D eigenvalue weighted by atomic mass is 19.2. The van der Waals surface area contributed by atoms with Gasteiger partial charge in [0.2, 0.25) is 0 Å². The summed E-state index contributed by atoms with van der Waals surface area (Å²) >= 11 is 0. The predicted molar refractivity (Wildman–Crippen MR) is 91.3 cm³/mol. The van der Waals surface area contributed by atoms with Gasteiger partial charge in [-0.3, -0.25) is 0 Å². The molecule has 132 valence electrons. The Morgan fingerprint density at radius 2 is 1.84 bits per heavy atom. The highest BCUT2D eigenvalue weighted by Gasteiger charge is 2.14. The van der Waals surface area contributed by atoms with Gasteiger partial charge in [0.25, 0.3) is 0 Å². The third kappa shape index (κ3) is 4.49. The third-order valence-electron chi connectivity index (χ3n) is 4.10. The van der Waals surface area contributed by atoms with Gasteiger partial charge in [0.05, 0.1) is 5.69 Å². The number of hydrogen-bond donors (Lipinski definition) is 2. The van der Waals surface area contributed by atoms with Gasteiger partial charge in [-0.15, -0.1) is 0 Å². The van der Waals surface area contributed by atoms with E-state index in [1.54, 1.807) is 6.07 Å². The Kier molecular flexibility index (Phi) is 5.53. The molecule has 1 aromatic carbocycles. The van der Waals surface area contributed by atoms with Crippen LogP contribution < -0.4 is 10.6 Å². The summed E-state index contributed by atoms with van der Waals surface area (Å²) in [4.78, 5) is 8.08. The fourth-order valence-electron chi connectivity index (χ4n) is 2.77. The van der Waals surface area contributed by atoms with Crippen molar-refractivity contribution in [3.05, 3.63) is 53.6 Å². The number of halogens is 3. The molecule has 0 radical (unpaired) electrons. The van der Waals surface area contributed by atoms with E-state index >= 15 is 0 Å². The number of nitrogens with one attached hydrogen (secondary N) is 2. The molecule has 3 rings (SSSR count). The molecule has 2 N–H and O–H groups in total. The Morgan fingerprint density at radius 1 is 1.00 bits per heavy atom. The van der Waals surface area contributed by atoms with E-state index in [4.69, 9.17) is 0 Å². The van der Waals surface area contributed by atoms with Crippen LogP contribution in [0.2, 0.25) is 0 Å². The van der Waals surface area contributed by atoms with Gasteiger partial charge in [0.1, 0.15) is 18.0 Å². The minimum atomic E-state index is -1.52. The second kappa shape index (κ2) is 8.00. The molecule has 1 aliphatic carbocycles. The molecule has 0 bridgehead atoms. The molecule has 2 aromatic rings. The minimum absolute atomic E-state index is 0.184. The zero-order chi connectivity index (χ0) is 17.6. The largest absolute Gasteiger partial charge is 0.370 e. The van der Waals surface area contributed by atoms with Crippen molar-refractivity contribution in [1.82, 2.24) is 9.97 Å². The molecule has 1 aliphatic rings. The van der Waals surface area contributed by atoms with Gasteiger partial charge in [-0.1, -0.05) is 11.6 Å². The lowest BCUT2D eigenvalue weighted by Gasteiger charge is -2.13. The number of nitrogens with zero attached hydrogens (tertiary/aromatic N) is 2. The first-order valence-corrected chi connectivity index (χ1v) is 8.28. The van der Waals surface area contributed by atoms with E-state index in [1.165, 1.54) is 24.7 Å². The lowest BCUT2D eigenvalue weighted by Crippen LogP contribution is -2.07. The Bertz CT molecular complexity index is 777. The highest BCUT2D eigenvalue weighted by Crippen LogP contribution is 2.24. The van der Waals surface area contributed by atoms with Crippen LogP contribution in [0.1, 0.15) is 32.1 Å². The van der Waals surface area contributed by atoms with Crippen LogP contribution in [0.15, 0.2) is 36.2 Å². The molecule has 7 heteroatoms. The van der Waals surface area contributed by atoms with Gasteiger partial charge in [-0.25, -0.2) is 23.1 Å². The average Bonchev–Trinajstić information content (AvgIpc) is 2.64. The lowest BCUT2D eigenvalue weighted by molar-refractivity contribution is 0.449. The maximum atomic E-state index is 13.7. The number of rotatable bonds is 6. The standard InChI is InChI=1S/C18H19F3N4/c19-13-6-7-14(18(21)17(13)20)25-16-10-15(23-11-24-16)22-9-8-12-4-2-1-3-5-12/h4,6-7,10-11H,1-3,5,8-9H2,(H2,22,23,24,25). The molecule has 0 saturated carbocycles. The Balaban J connectivity index is 1.61. The van der Waals surface area contributed by atoms with Crippen molar-refractivity contribution in [2.45, 2.75) is 32.1 Å². The van der Waals surface area contributed by atoms with Crippen molar-refractivity contribution < 1.29 is 13.2 Å². The monoisotopic (exact) mass is 348 g/mol.